The van der Waals surface area contributed by atoms with Crippen LogP contribution in [0.25, 0.3) is 0 Å². The smallest absolute Gasteiger partial charge is 0.318 e. The molecule has 1 amide bonds. The van der Waals surface area contributed by atoms with E-state index < -0.39 is 0 Å². The predicted molar refractivity (Wildman–Crippen MR) is 86.0 cm³/mol. The van der Waals surface area contributed by atoms with E-state index in [1.807, 2.05) is 6.07 Å². The van der Waals surface area contributed by atoms with Gasteiger partial charge in [-0.3, -0.25) is 4.79 Å². The summed E-state index contributed by atoms with van der Waals surface area (Å²) in [6.07, 6.45) is 4.38. The van der Waals surface area contributed by atoms with Gasteiger partial charge in [-0.05, 0) is 30.7 Å². The highest BCUT2D eigenvalue weighted by Gasteiger charge is 2.22. The molecule has 1 saturated heterocycles. The van der Waals surface area contributed by atoms with Gasteiger partial charge in [0.05, 0.1) is 7.11 Å². The van der Waals surface area contributed by atoms with Crippen molar-refractivity contribution in [1.29, 1.82) is 0 Å². The van der Waals surface area contributed by atoms with E-state index in [1.165, 1.54) is 0 Å². The van der Waals surface area contributed by atoms with Gasteiger partial charge in [-0.15, -0.1) is 0 Å². The number of nitrogens with zero attached hydrogens (tertiary/aromatic N) is 3. The number of amides is 1. The van der Waals surface area contributed by atoms with Gasteiger partial charge < -0.3 is 15.0 Å². The second-order valence-corrected chi connectivity index (χ2v) is 6.23. The first-order chi connectivity index (χ1) is 10.6. The molecule has 0 spiro atoms. The van der Waals surface area contributed by atoms with Gasteiger partial charge in [-0.1, -0.05) is 13.8 Å². The van der Waals surface area contributed by atoms with Gasteiger partial charge in [-0.25, -0.2) is 4.98 Å². The van der Waals surface area contributed by atoms with Crippen LogP contribution in [0.3, 0.4) is 0 Å². The number of nitrogens with one attached hydrogen (secondary N) is 1. The molecule has 122 valence electrons. The van der Waals surface area contributed by atoms with Gasteiger partial charge in [0.2, 0.25) is 5.91 Å². The van der Waals surface area contributed by atoms with Crippen molar-refractivity contribution in [2.24, 2.45) is 11.8 Å². The van der Waals surface area contributed by atoms with Crippen LogP contribution in [0.1, 0.15) is 33.1 Å². The third-order valence-electron chi connectivity index (χ3n) is 3.92. The molecule has 1 aliphatic heterocycles. The highest BCUT2D eigenvalue weighted by molar-refractivity contribution is 5.76. The Balaban J connectivity index is 1.79. The number of carbonyl (C=O) groups is 1. The summed E-state index contributed by atoms with van der Waals surface area (Å²) in [5.74, 6) is 2.04. The number of ether oxygens (including phenoxy) is 1. The minimum absolute atomic E-state index is 0.177. The van der Waals surface area contributed by atoms with Gasteiger partial charge >= 0.3 is 6.01 Å². The lowest BCUT2D eigenvalue weighted by Crippen LogP contribution is -2.37. The van der Waals surface area contributed by atoms with Crippen molar-refractivity contribution in [3.63, 3.8) is 0 Å². The minimum atomic E-state index is 0.177. The summed E-state index contributed by atoms with van der Waals surface area (Å²) in [7, 11) is 1.57. The molecule has 1 aromatic heterocycles. The van der Waals surface area contributed by atoms with Crippen molar-refractivity contribution in [2.75, 3.05) is 31.6 Å². The molecule has 22 heavy (non-hydrogen) atoms. The summed E-state index contributed by atoms with van der Waals surface area (Å²) in [4.78, 5) is 22.5. The van der Waals surface area contributed by atoms with E-state index in [0.717, 1.165) is 38.3 Å². The molecular formula is C16H26N4O2. The zero-order chi connectivity index (χ0) is 15.9. The first-order valence-electron chi connectivity index (χ1n) is 7.97. The van der Waals surface area contributed by atoms with E-state index in [2.05, 4.69) is 34.0 Å². The molecule has 0 aliphatic carbocycles. The number of carbonyl (C=O) groups excluding carboxylic acids is 1. The van der Waals surface area contributed by atoms with E-state index >= 15 is 0 Å². The number of methoxy groups -OCH3 is 1. The fourth-order valence-corrected chi connectivity index (χ4v) is 2.62. The molecule has 0 saturated carbocycles. The number of hydrogen-bond donors (Lipinski definition) is 1. The third kappa shape index (κ3) is 4.86. The molecule has 1 aliphatic rings. The molecule has 2 rings (SSSR count). The normalized spacial score (nSPS) is 15.9. The summed E-state index contributed by atoms with van der Waals surface area (Å²) in [5, 5.41) is 3.00. The molecule has 1 N–H and O–H groups in total. The number of piperidine rings is 1. The topological polar surface area (TPSA) is 67.3 Å². The zero-order valence-electron chi connectivity index (χ0n) is 13.7. The van der Waals surface area contributed by atoms with Crippen LogP contribution in [0.4, 0.5) is 5.82 Å². The highest BCUT2D eigenvalue weighted by atomic mass is 16.5. The largest absolute Gasteiger partial charge is 0.467 e. The predicted octanol–water partition coefficient (Wildman–Crippen LogP) is 1.86. The molecule has 0 atom stereocenters. The van der Waals surface area contributed by atoms with Crippen molar-refractivity contribution in [3.05, 3.63) is 12.3 Å². The first kappa shape index (κ1) is 16.5. The first-order valence-corrected chi connectivity index (χ1v) is 7.97. The Morgan fingerprint density at radius 2 is 2.18 bits per heavy atom. The molecular weight excluding hydrogens is 280 g/mol. The lowest BCUT2D eigenvalue weighted by atomic mass is 9.93. The summed E-state index contributed by atoms with van der Waals surface area (Å²) in [6, 6.07) is 2.30. The SMILES string of the molecule is COc1nccc(N2CCC(CC(=O)NCC(C)C)CC2)n1. The molecule has 1 fully saturated rings. The molecule has 0 bridgehead atoms. The molecule has 6 heteroatoms. The van der Waals surface area contributed by atoms with Gasteiger partial charge in [0.15, 0.2) is 0 Å². The second-order valence-electron chi connectivity index (χ2n) is 6.23. The zero-order valence-corrected chi connectivity index (χ0v) is 13.7. The van der Waals surface area contributed by atoms with E-state index in [9.17, 15) is 4.79 Å². The fraction of sp³-hybridized carbons (Fsp3) is 0.688. The van der Waals surface area contributed by atoms with E-state index in [-0.39, 0.29) is 5.91 Å². The van der Waals surface area contributed by atoms with Crippen molar-refractivity contribution in [3.8, 4) is 6.01 Å². The molecule has 0 radical (unpaired) electrons. The number of anilines is 1. The van der Waals surface area contributed by atoms with Crippen LogP contribution < -0.4 is 15.0 Å². The van der Waals surface area contributed by atoms with Crippen LogP contribution in [0, 0.1) is 11.8 Å². The number of aromatic nitrogens is 2. The van der Waals surface area contributed by atoms with Gasteiger partial charge in [0.1, 0.15) is 5.82 Å². The van der Waals surface area contributed by atoms with Crippen LogP contribution in [-0.2, 0) is 4.79 Å². The van der Waals surface area contributed by atoms with Crippen molar-refractivity contribution < 1.29 is 9.53 Å². The molecule has 0 unspecified atom stereocenters. The second kappa shape index (κ2) is 7.96. The monoisotopic (exact) mass is 306 g/mol. The molecule has 2 heterocycles. The van der Waals surface area contributed by atoms with E-state index in [0.29, 0.717) is 24.3 Å². The summed E-state index contributed by atoms with van der Waals surface area (Å²) in [5.41, 5.74) is 0. The van der Waals surface area contributed by atoms with Crippen molar-refractivity contribution >= 4 is 11.7 Å². The van der Waals surface area contributed by atoms with Crippen molar-refractivity contribution in [2.45, 2.75) is 33.1 Å². The Hall–Kier alpha value is -1.85. The van der Waals surface area contributed by atoms with Gasteiger partial charge in [0.25, 0.3) is 0 Å². The summed E-state index contributed by atoms with van der Waals surface area (Å²) in [6.45, 7) is 6.81. The fourth-order valence-electron chi connectivity index (χ4n) is 2.62. The van der Waals surface area contributed by atoms with Crippen LogP contribution in [0.15, 0.2) is 12.3 Å². The Morgan fingerprint density at radius 3 is 2.82 bits per heavy atom. The third-order valence-corrected chi connectivity index (χ3v) is 3.92. The van der Waals surface area contributed by atoms with Gasteiger partial charge in [-0.2, -0.15) is 4.98 Å². The average molecular weight is 306 g/mol. The lowest BCUT2D eigenvalue weighted by molar-refractivity contribution is -0.122. The number of rotatable bonds is 6. The van der Waals surface area contributed by atoms with Crippen LogP contribution >= 0.6 is 0 Å². The molecule has 1 aromatic rings. The van der Waals surface area contributed by atoms with E-state index in [4.69, 9.17) is 4.74 Å². The molecule has 6 nitrogen and oxygen atoms in total. The van der Waals surface area contributed by atoms with Gasteiger partial charge in [0, 0.05) is 32.3 Å². The highest BCUT2D eigenvalue weighted by Crippen LogP contribution is 2.24. The molecule has 0 aromatic carbocycles. The standard InChI is InChI=1S/C16H26N4O2/c1-12(2)11-18-15(21)10-13-5-8-20(9-6-13)14-4-7-17-16(19-14)22-3/h4,7,12-13H,5-6,8-11H2,1-3H3,(H,18,21). The summed E-state index contributed by atoms with van der Waals surface area (Å²) < 4.78 is 5.06. The average Bonchev–Trinajstić information content (AvgIpc) is 2.54. The minimum Gasteiger partial charge on any atom is -0.467 e. The van der Waals surface area contributed by atoms with Crippen LogP contribution in [0.5, 0.6) is 6.01 Å². The summed E-state index contributed by atoms with van der Waals surface area (Å²) >= 11 is 0. The lowest BCUT2D eigenvalue weighted by Gasteiger charge is -2.32. The number of hydrogen-bond acceptors (Lipinski definition) is 5. The quantitative estimate of drug-likeness (QED) is 0.869. The maximum atomic E-state index is 11.9. The Bertz CT molecular complexity index is 485. The van der Waals surface area contributed by atoms with Crippen LogP contribution in [0.2, 0.25) is 0 Å². The van der Waals surface area contributed by atoms with E-state index in [1.54, 1.807) is 13.3 Å². The van der Waals surface area contributed by atoms with Crippen LogP contribution in [-0.4, -0.2) is 42.6 Å². The van der Waals surface area contributed by atoms with Crippen molar-refractivity contribution in [1.82, 2.24) is 15.3 Å². The Labute approximate surface area is 132 Å². The Kier molecular flexibility index (Phi) is 5.98. The maximum absolute atomic E-state index is 11.9. The maximum Gasteiger partial charge on any atom is 0.318 e. The Morgan fingerprint density at radius 1 is 1.45 bits per heavy atom.